The number of morpholine rings is 1. The molecule has 5 heteroatoms. The van der Waals surface area contributed by atoms with Crippen LogP contribution in [0, 0.1) is 6.92 Å². The van der Waals surface area contributed by atoms with Crippen molar-refractivity contribution in [1.82, 2.24) is 10.2 Å². The third-order valence-corrected chi connectivity index (χ3v) is 5.47. The first kappa shape index (κ1) is 17.4. The minimum absolute atomic E-state index is 0.0644. The van der Waals surface area contributed by atoms with Crippen LogP contribution in [0.3, 0.4) is 0 Å². The van der Waals surface area contributed by atoms with Crippen molar-refractivity contribution < 1.29 is 14.6 Å². The van der Waals surface area contributed by atoms with Crippen LogP contribution < -0.4 is 5.32 Å². The van der Waals surface area contributed by atoms with E-state index in [4.69, 9.17) is 4.74 Å². The van der Waals surface area contributed by atoms with Gasteiger partial charge in [0.2, 0.25) is 5.91 Å². The number of amides is 1. The van der Waals surface area contributed by atoms with Crippen LogP contribution in [-0.4, -0.2) is 54.3 Å². The molecule has 1 unspecified atom stereocenters. The normalized spacial score (nSPS) is 22.2. The Morgan fingerprint density at radius 3 is 2.62 bits per heavy atom. The molecule has 1 saturated carbocycles. The van der Waals surface area contributed by atoms with E-state index >= 15 is 0 Å². The van der Waals surface area contributed by atoms with Gasteiger partial charge < -0.3 is 15.2 Å². The number of hydrogen-bond acceptors (Lipinski definition) is 4. The van der Waals surface area contributed by atoms with Crippen molar-refractivity contribution >= 4 is 5.91 Å². The van der Waals surface area contributed by atoms with Crippen molar-refractivity contribution in [1.29, 1.82) is 0 Å². The number of carbonyl (C=O) groups excluding carboxylic acids is 1. The summed E-state index contributed by atoms with van der Waals surface area (Å²) in [4.78, 5) is 15.3. The van der Waals surface area contributed by atoms with Gasteiger partial charge in [-0.05, 0) is 30.9 Å². The zero-order valence-electron chi connectivity index (χ0n) is 14.5. The maximum atomic E-state index is 13.0. The van der Waals surface area contributed by atoms with Crippen LogP contribution in [0.5, 0.6) is 0 Å². The molecule has 1 aliphatic carbocycles. The molecule has 2 N–H and O–H groups in total. The molecule has 0 spiro atoms. The molecule has 1 saturated heterocycles. The first-order valence-electron chi connectivity index (χ1n) is 8.98. The van der Waals surface area contributed by atoms with Gasteiger partial charge in [-0.2, -0.15) is 0 Å². The lowest BCUT2D eigenvalue weighted by atomic mass is 9.92. The highest BCUT2D eigenvalue weighted by molar-refractivity contribution is 5.86. The van der Waals surface area contributed by atoms with Gasteiger partial charge in [0.15, 0.2) is 0 Å². The lowest BCUT2D eigenvalue weighted by molar-refractivity contribution is -0.137. The van der Waals surface area contributed by atoms with Gasteiger partial charge in [-0.25, -0.2) is 0 Å². The number of nitrogens with zero attached hydrogens (tertiary/aromatic N) is 1. The van der Waals surface area contributed by atoms with E-state index in [0.717, 1.165) is 49.9 Å². The summed E-state index contributed by atoms with van der Waals surface area (Å²) in [5.41, 5.74) is 1.52. The first-order chi connectivity index (χ1) is 11.6. The first-order valence-corrected chi connectivity index (χ1v) is 8.98. The molecule has 1 aromatic rings. The van der Waals surface area contributed by atoms with E-state index in [-0.39, 0.29) is 12.5 Å². The summed E-state index contributed by atoms with van der Waals surface area (Å²) in [7, 11) is 0. The predicted octanol–water partition coefficient (Wildman–Crippen LogP) is 1.79. The fourth-order valence-electron chi connectivity index (χ4n) is 4.06. The maximum Gasteiger partial charge on any atom is 0.240 e. The van der Waals surface area contributed by atoms with Gasteiger partial charge >= 0.3 is 0 Å². The van der Waals surface area contributed by atoms with E-state index in [1.807, 2.05) is 31.2 Å². The van der Waals surface area contributed by atoms with E-state index in [9.17, 15) is 9.90 Å². The summed E-state index contributed by atoms with van der Waals surface area (Å²) >= 11 is 0. The number of aliphatic hydroxyl groups is 1. The standard InChI is InChI=1S/C19H28N2O3/c1-15-6-2-3-7-16(15)17(22)14-20-18(23)19(8-4-5-9-19)21-10-12-24-13-11-21/h2-3,6-7,17,22H,4-5,8-14H2,1H3,(H,20,23). The van der Waals surface area contributed by atoms with Crippen molar-refractivity contribution in [3.63, 3.8) is 0 Å². The van der Waals surface area contributed by atoms with Gasteiger partial charge in [-0.15, -0.1) is 0 Å². The fraction of sp³-hybridized carbons (Fsp3) is 0.632. The summed E-state index contributed by atoms with van der Waals surface area (Å²) in [5, 5.41) is 13.5. The summed E-state index contributed by atoms with van der Waals surface area (Å²) < 4.78 is 5.44. The van der Waals surface area contributed by atoms with Crippen LogP contribution in [0.25, 0.3) is 0 Å². The molecule has 0 aromatic heterocycles. The molecule has 1 aliphatic heterocycles. The molecular formula is C19H28N2O3. The van der Waals surface area contributed by atoms with Crippen molar-refractivity contribution in [2.45, 2.75) is 44.2 Å². The predicted molar refractivity (Wildman–Crippen MR) is 92.7 cm³/mol. The summed E-state index contributed by atoms with van der Waals surface area (Å²) in [5.74, 6) is 0.0644. The molecule has 1 heterocycles. The molecule has 3 rings (SSSR count). The second kappa shape index (κ2) is 7.64. The largest absolute Gasteiger partial charge is 0.387 e. The monoisotopic (exact) mass is 332 g/mol. The van der Waals surface area contributed by atoms with Gasteiger partial charge in [-0.1, -0.05) is 37.1 Å². The Kier molecular flexibility index (Phi) is 5.54. The summed E-state index contributed by atoms with van der Waals surface area (Å²) in [6, 6.07) is 7.77. The van der Waals surface area contributed by atoms with Crippen LogP contribution in [0.2, 0.25) is 0 Å². The molecule has 132 valence electrons. The second-order valence-electron chi connectivity index (χ2n) is 6.92. The highest BCUT2D eigenvalue weighted by atomic mass is 16.5. The zero-order valence-corrected chi connectivity index (χ0v) is 14.5. The van der Waals surface area contributed by atoms with Gasteiger partial charge in [0.05, 0.1) is 19.3 Å². The number of ether oxygens (including phenoxy) is 1. The number of hydrogen-bond donors (Lipinski definition) is 2. The number of benzene rings is 1. The van der Waals surface area contributed by atoms with Crippen LogP contribution in [0.4, 0.5) is 0 Å². The molecule has 1 atom stereocenters. The maximum absolute atomic E-state index is 13.0. The van der Waals surface area contributed by atoms with Crippen LogP contribution in [0.1, 0.15) is 42.9 Å². The van der Waals surface area contributed by atoms with E-state index in [1.54, 1.807) is 0 Å². The number of aryl methyl sites for hydroxylation is 1. The van der Waals surface area contributed by atoms with Crippen molar-refractivity contribution in [3.05, 3.63) is 35.4 Å². The lowest BCUT2D eigenvalue weighted by Crippen LogP contribution is -2.60. The van der Waals surface area contributed by atoms with E-state index in [1.165, 1.54) is 0 Å². The highest BCUT2D eigenvalue weighted by Gasteiger charge is 2.46. The Morgan fingerprint density at radius 2 is 1.96 bits per heavy atom. The van der Waals surface area contributed by atoms with E-state index < -0.39 is 11.6 Å². The molecular weight excluding hydrogens is 304 g/mol. The molecule has 2 aliphatic rings. The smallest absolute Gasteiger partial charge is 0.240 e. The van der Waals surface area contributed by atoms with Crippen LogP contribution in [-0.2, 0) is 9.53 Å². The van der Waals surface area contributed by atoms with E-state index in [2.05, 4.69) is 10.2 Å². The molecule has 0 radical (unpaired) electrons. The van der Waals surface area contributed by atoms with Gasteiger partial charge in [0, 0.05) is 19.6 Å². The SMILES string of the molecule is Cc1ccccc1C(O)CNC(=O)C1(N2CCOCC2)CCCC1. The zero-order chi connectivity index (χ0) is 17.0. The number of nitrogens with one attached hydrogen (secondary N) is 1. The molecule has 5 nitrogen and oxygen atoms in total. The quantitative estimate of drug-likeness (QED) is 0.863. The second-order valence-corrected chi connectivity index (χ2v) is 6.92. The molecule has 0 bridgehead atoms. The van der Waals surface area contributed by atoms with Gasteiger partial charge in [0.25, 0.3) is 0 Å². The highest BCUT2D eigenvalue weighted by Crippen LogP contribution is 2.36. The molecule has 2 fully saturated rings. The van der Waals surface area contributed by atoms with Crippen molar-refractivity contribution in [2.75, 3.05) is 32.8 Å². The number of carbonyl (C=O) groups is 1. The minimum atomic E-state index is -0.668. The molecule has 1 aromatic carbocycles. The Morgan fingerprint density at radius 1 is 1.29 bits per heavy atom. The Labute approximate surface area is 144 Å². The molecule has 24 heavy (non-hydrogen) atoms. The third-order valence-electron chi connectivity index (χ3n) is 5.47. The van der Waals surface area contributed by atoms with Crippen LogP contribution >= 0.6 is 0 Å². The average molecular weight is 332 g/mol. The van der Waals surface area contributed by atoms with Crippen molar-refractivity contribution in [3.8, 4) is 0 Å². The van der Waals surface area contributed by atoms with Crippen molar-refractivity contribution in [2.24, 2.45) is 0 Å². The summed E-state index contributed by atoms with van der Waals surface area (Å²) in [6.07, 6.45) is 3.31. The number of rotatable bonds is 5. The average Bonchev–Trinajstić information content (AvgIpc) is 3.11. The molecule has 1 amide bonds. The van der Waals surface area contributed by atoms with Crippen LogP contribution in [0.15, 0.2) is 24.3 Å². The van der Waals surface area contributed by atoms with E-state index in [0.29, 0.717) is 13.2 Å². The Balaban J connectivity index is 1.65. The number of aliphatic hydroxyl groups excluding tert-OH is 1. The summed E-state index contributed by atoms with van der Waals surface area (Å²) in [6.45, 7) is 5.26. The third kappa shape index (κ3) is 3.48. The van der Waals surface area contributed by atoms with Gasteiger partial charge in [0.1, 0.15) is 5.54 Å². The Bertz CT molecular complexity index is 563. The lowest BCUT2D eigenvalue weighted by Gasteiger charge is -2.42. The fourth-order valence-corrected chi connectivity index (χ4v) is 4.06. The van der Waals surface area contributed by atoms with Gasteiger partial charge in [-0.3, -0.25) is 9.69 Å². The Hall–Kier alpha value is -1.43. The topological polar surface area (TPSA) is 61.8 Å². The minimum Gasteiger partial charge on any atom is -0.387 e.